The number of nitrogens with one attached hydrogen (secondary N) is 1. The molecule has 0 bridgehead atoms. The number of ether oxygens (including phenoxy) is 1. The third-order valence-corrected chi connectivity index (χ3v) is 5.51. The molecule has 0 radical (unpaired) electrons. The van der Waals surface area contributed by atoms with E-state index in [9.17, 15) is 18.0 Å². The van der Waals surface area contributed by atoms with Crippen LogP contribution in [0.4, 0.5) is 0 Å². The molecule has 1 atom stereocenters. The lowest BCUT2D eigenvalue weighted by Crippen LogP contribution is -2.31. The number of hydrogen-bond acceptors (Lipinski definition) is 7. The number of nitrogens with zero attached hydrogens (tertiary/aromatic N) is 3. The minimum atomic E-state index is -3.78. The number of primary sulfonamides is 1. The van der Waals surface area contributed by atoms with Crippen LogP contribution in [-0.2, 0) is 19.6 Å². The van der Waals surface area contributed by atoms with Crippen molar-refractivity contribution in [2.24, 2.45) is 5.14 Å². The van der Waals surface area contributed by atoms with Gasteiger partial charge in [-0.3, -0.25) is 4.79 Å². The van der Waals surface area contributed by atoms with Crippen molar-refractivity contribution in [3.63, 3.8) is 0 Å². The Kier molecular flexibility index (Phi) is 6.37. The van der Waals surface area contributed by atoms with Gasteiger partial charge in [0.1, 0.15) is 0 Å². The predicted molar refractivity (Wildman–Crippen MR) is 113 cm³/mol. The quantitative estimate of drug-likeness (QED) is 0.526. The molecule has 1 unspecified atom stereocenters. The molecule has 164 valence electrons. The third kappa shape index (κ3) is 5.25. The van der Waals surface area contributed by atoms with E-state index >= 15 is 0 Å². The number of hydrogen-bond donors (Lipinski definition) is 2. The van der Waals surface area contributed by atoms with E-state index in [1.807, 2.05) is 13.8 Å². The predicted octanol–water partition coefficient (Wildman–Crippen LogP) is 1.69. The lowest BCUT2D eigenvalue weighted by atomic mass is 10.1. The van der Waals surface area contributed by atoms with Crippen molar-refractivity contribution in [1.29, 1.82) is 0 Å². The van der Waals surface area contributed by atoms with Crippen molar-refractivity contribution < 1.29 is 22.7 Å². The fourth-order valence-electron chi connectivity index (χ4n) is 2.96. The molecule has 10 nitrogen and oxygen atoms in total. The number of carbonyl (C=O) groups is 2. The van der Waals surface area contributed by atoms with E-state index in [2.05, 4.69) is 15.4 Å². The molecule has 3 rings (SSSR count). The summed E-state index contributed by atoms with van der Waals surface area (Å²) >= 11 is 0. The standard InChI is InChI=1S/C20H23N5O5S/c1-12(2)25-19-15(10-23-25)8-16(9-22-19)20(27)30-11-18(26)24-13(3)14-4-6-17(7-5-14)31(21,28)29/h4-10,12-13H,11H2,1-3H3,(H,24,26)(H2,21,28,29). The Bertz CT molecular complexity index is 1220. The molecule has 0 aliphatic rings. The van der Waals surface area contributed by atoms with Gasteiger partial charge in [0.15, 0.2) is 12.3 Å². The molecule has 11 heteroatoms. The van der Waals surface area contributed by atoms with Gasteiger partial charge in [0, 0.05) is 17.6 Å². The monoisotopic (exact) mass is 445 g/mol. The van der Waals surface area contributed by atoms with Gasteiger partial charge in [-0.15, -0.1) is 0 Å². The third-order valence-electron chi connectivity index (χ3n) is 4.58. The van der Waals surface area contributed by atoms with Crippen LogP contribution in [0.1, 0.15) is 48.8 Å². The van der Waals surface area contributed by atoms with Crippen LogP contribution >= 0.6 is 0 Å². The summed E-state index contributed by atoms with van der Waals surface area (Å²) in [4.78, 5) is 28.7. The van der Waals surface area contributed by atoms with Crippen molar-refractivity contribution in [2.45, 2.75) is 37.8 Å². The average molecular weight is 446 g/mol. The summed E-state index contributed by atoms with van der Waals surface area (Å²) in [6.45, 7) is 5.20. The van der Waals surface area contributed by atoms with Crippen LogP contribution in [-0.4, -0.2) is 41.7 Å². The molecule has 1 aromatic carbocycles. The first-order valence-electron chi connectivity index (χ1n) is 9.49. The highest BCUT2D eigenvalue weighted by Crippen LogP contribution is 2.18. The number of rotatable bonds is 7. The first-order valence-corrected chi connectivity index (χ1v) is 11.0. The Morgan fingerprint density at radius 1 is 1.16 bits per heavy atom. The van der Waals surface area contributed by atoms with Crippen LogP contribution in [0.2, 0.25) is 0 Å². The number of nitrogens with two attached hydrogens (primary N) is 1. The van der Waals surface area contributed by atoms with Crippen molar-refractivity contribution >= 4 is 32.9 Å². The van der Waals surface area contributed by atoms with E-state index in [1.54, 1.807) is 36.0 Å². The van der Waals surface area contributed by atoms with Crippen LogP contribution < -0.4 is 10.5 Å². The fraction of sp³-hybridized carbons (Fsp3) is 0.300. The summed E-state index contributed by atoms with van der Waals surface area (Å²) in [7, 11) is -3.78. The molecule has 31 heavy (non-hydrogen) atoms. The van der Waals surface area contributed by atoms with Crippen molar-refractivity contribution in [2.75, 3.05) is 6.61 Å². The minimum Gasteiger partial charge on any atom is -0.452 e. The maximum atomic E-state index is 12.3. The maximum Gasteiger partial charge on any atom is 0.340 e. The first-order chi connectivity index (χ1) is 14.6. The maximum absolute atomic E-state index is 12.3. The van der Waals surface area contributed by atoms with Gasteiger partial charge in [-0.1, -0.05) is 12.1 Å². The summed E-state index contributed by atoms with van der Waals surface area (Å²) in [6.07, 6.45) is 3.01. The number of benzene rings is 1. The van der Waals surface area contributed by atoms with Gasteiger partial charge < -0.3 is 10.1 Å². The molecule has 1 amide bonds. The number of pyridine rings is 1. The van der Waals surface area contributed by atoms with E-state index in [4.69, 9.17) is 9.88 Å². The van der Waals surface area contributed by atoms with E-state index < -0.39 is 34.5 Å². The van der Waals surface area contributed by atoms with Crippen LogP contribution in [0.5, 0.6) is 0 Å². The van der Waals surface area contributed by atoms with Gasteiger partial charge in [0.05, 0.1) is 22.7 Å². The van der Waals surface area contributed by atoms with E-state index in [0.29, 0.717) is 16.6 Å². The lowest BCUT2D eigenvalue weighted by molar-refractivity contribution is -0.124. The van der Waals surface area contributed by atoms with E-state index in [-0.39, 0.29) is 16.5 Å². The molecule has 0 saturated heterocycles. The van der Waals surface area contributed by atoms with Crippen LogP contribution in [0.3, 0.4) is 0 Å². The van der Waals surface area contributed by atoms with Gasteiger partial charge in [-0.05, 0) is 44.5 Å². The molecule has 3 aromatic rings. The number of esters is 1. The van der Waals surface area contributed by atoms with Crippen molar-refractivity contribution in [3.8, 4) is 0 Å². The van der Waals surface area contributed by atoms with Crippen LogP contribution in [0.25, 0.3) is 11.0 Å². The molecule has 0 fully saturated rings. The normalized spacial score (nSPS) is 12.7. The molecule has 0 saturated carbocycles. The molecule has 2 heterocycles. The molecule has 0 aliphatic carbocycles. The first kappa shape index (κ1) is 22.4. The number of carbonyl (C=O) groups excluding carboxylic acids is 2. The molecular weight excluding hydrogens is 422 g/mol. The van der Waals surface area contributed by atoms with E-state index in [0.717, 1.165) is 0 Å². The largest absolute Gasteiger partial charge is 0.452 e. The van der Waals surface area contributed by atoms with Crippen LogP contribution in [0.15, 0.2) is 47.6 Å². The minimum absolute atomic E-state index is 0.0202. The second-order valence-electron chi connectivity index (χ2n) is 7.30. The van der Waals surface area contributed by atoms with Crippen molar-refractivity contribution in [1.82, 2.24) is 20.1 Å². The Morgan fingerprint density at radius 3 is 2.45 bits per heavy atom. The zero-order valence-electron chi connectivity index (χ0n) is 17.3. The van der Waals surface area contributed by atoms with Gasteiger partial charge >= 0.3 is 5.97 Å². The second kappa shape index (κ2) is 8.82. The van der Waals surface area contributed by atoms with Gasteiger partial charge in [0.2, 0.25) is 10.0 Å². The zero-order valence-corrected chi connectivity index (χ0v) is 18.1. The molecule has 3 N–H and O–H groups in total. The summed E-state index contributed by atoms with van der Waals surface area (Å²) < 4.78 is 29.4. The lowest BCUT2D eigenvalue weighted by Gasteiger charge is -2.15. The second-order valence-corrected chi connectivity index (χ2v) is 8.86. The zero-order chi connectivity index (χ0) is 22.8. The Balaban J connectivity index is 1.57. The highest BCUT2D eigenvalue weighted by atomic mass is 32.2. The number of amides is 1. The summed E-state index contributed by atoms with van der Waals surface area (Å²) in [5.41, 5.74) is 1.55. The Labute approximate surface area is 179 Å². The van der Waals surface area contributed by atoms with E-state index in [1.165, 1.54) is 18.3 Å². The fourth-order valence-corrected chi connectivity index (χ4v) is 3.47. The average Bonchev–Trinajstić information content (AvgIpc) is 3.15. The summed E-state index contributed by atoms with van der Waals surface area (Å²) in [5, 5.41) is 12.7. The summed E-state index contributed by atoms with van der Waals surface area (Å²) in [6, 6.07) is 7.13. The Hall–Kier alpha value is -3.31. The topological polar surface area (TPSA) is 146 Å². The SMILES string of the molecule is CC(NC(=O)COC(=O)c1cnc2c(cnn2C(C)C)c1)c1ccc(S(N)(=O)=O)cc1. The summed E-state index contributed by atoms with van der Waals surface area (Å²) in [5.74, 6) is -1.18. The van der Waals surface area contributed by atoms with Gasteiger partial charge in [-0.25, -0.2) is 28.0 Å². The number of fused-ring (bicyclic) bond motifs is 1. The Morgan fingerprint density at radius 2 is 1.84 bits per heavy atom. The molecular formula is C20H23N5O5S. The number of sulfonamides is 1. The smallest absolute Gasteiger partial charge is 0.340 e. The highest BCUT2D eigenvalue weighted by molar-refractivity contribution is 7.89. The molecule has 2 aromatic heterocycles. The van der Waals surface area contributed by atoms with Gasteiger partial charge in [0.25, 0.3) is 5.91 Å². The van der Waals surface area contributed by atoms with Crippen molar-refractivity contribution in [3.05, 3.63) is 53.9 Å². The van der Waals surface area contributed by atoms with Crippen LogP contribution in [0, 0.1) is 0 Å². The number of aromatic nitrogens is 3. The van der Waals surface area contributed by atoms with Gasteiger partial charge in [-0.2, -0.15) is 5.10 Å². The molecule has 0 spiro atoms. The molecule has 0 aliphatic heterocycles. The highest BCUT2D eigenvalue weighted by Gasteiger charge is 2.16.